The van der Waals surface area contributed by atoms with E-state index < -0.39 is 5.60 Å². The molecule has 0 bridgehead atoms. The van der Waals surface area contributed by atoms with Crippen molar-refractivity contribution in [2.75, 3.05) is 32.0 Å². The normalized spacial score (nSPS) is 16.2. The quantitative estimate of drug-likeness (QED) is 0.422. The van der Waals surface area contributed by atoms with E-state index in [2.05, 4.69) is 23.4 Å². The largest absolute Gasteiger partial charge is 0.486 e. The Balaban J connectivity index is 1.36. The van der Waals surface area contributed by atoms with E-state index in [0.717, 1.165) is 53.0 Å². The first kappa shape index (κ1) is 27.4. The minimum atomic E-state index is -0.486. The van der Waals surface area contributed by atoms with Crippen LogP contribution in [0.1, 0.15) is 65.6 Å². The zero-order valence-electron chi connectivity index (χ0n) is 23.4. The number of benzene rings is 1. The number of carbonyl (C=O) groups excluding carboxylic acids is 1. The highest BCUT2D eigenvalue weighted by Crippen LogP contribution is 2.38. The molecule has 4 heterocycles. The van der Waals surface area contributed by atoms with Crippen molar-refractivity contribution in [3.05, 3.63) is 24.0 Å². The second-order valence-electron chi connectivity index (χ2n) is 11.4. The van der Waals surface area contributed by atoms with Crippen LogP contribution in [0.25, 0.3) is 11.2 Å². The number of likely N-dealkylation sites (tertiary alicyclic amines) is 1. The molecular formula is C28H38N6O4S. The smallest absolute Gasteiger partial charge is 0.410 e. The van der Waals surface area contributed by atoms with E-state index in [0.29, 0.717) is 49.4 Å². The van der Waals surface area contributed by atoms with Gasteiger partial charge in [0.25, 0.3) is 0 Å². The molecule has 2 aliphatic rings. The van der Waals surface area contributed by atoms with Crippen LogP contribution in [-0.2, 0) is 11.3 Å². The average Bonchev–Trinajstić information content (AvgIpc) is 3.24. The molecule has 39 heavy (non-hydrogen) atoms. The number of nitrogen functional groups attached to an aromatic ring is 1. The molecule has 0 aliphatic carbocycles. The molecule has 5 rings (SSSR count). The van der Waals surface area contributed by atoms with E-state index in [-0.39, 0.29) is 12.0 Å². The van der Waals surface area contributed by atoms with Crippen molar-refractivity contribution < 1.29 is 19.0 Å². The number of fused-ring (bicyclic) bond motifs is 2. The number of piperidine rings is 1. The summed E-state index contributed by atoms with van der Waals surface area (Å²) in [5.41, 5.74) is 7.27. The number of carbonyl (C=O) groups is 1. The molecule has 1 fully saturated rings. The summed E-state index contributed by atoms with van der Waals surface area (Å²) in [5, 5.41) is 0.815. The number of aromatic nitrogens is 4. The zero-order valence-corrected chi connectivity index (χ0v) is 24.2. The van der Waals surface area contributed by atoms with Crippen LogP contribution in [0.4, 0.5) is 10.6 Å². The predicted molar refractivity (Wildman–Crippen MR) is 151 cm³/mol. The van der Waals surface area contributed by atoms with Gasteiger partial charge in [-0.05, 0) is 64.2 Å². The van der Waals surface area contributed by atoms with Crippen LogP contribution < -0.4 is 15.2 Å². The van der Waals surface area contributed by atoms with Gasteiger partial charge in [-0.15, -0.1) is 0 Å². The van der Waals surface area contributed by atoms with Crippen molar-refractivity contribution in [1.82, 2.24) is 24.4 Å². The number of aryl methyl sites for hydroxylation is 1. The van der Waals surface area contributed by atoms with Crippen LogP contribution in [0.5, 0.6) is 11.5 Å². The number of rotatable bonds is 6. The van der Waals surface area contributed by atoms with E-state index in [1.807, 2.05) is 43.9 Å². The Morgan fingerprint density at radius 1 is 1.13 bits per heavy atom. The maximum absolute atomic E-state index is 12.5. The van der Waals surface area contributed by atoms with E-state index in [1.165, 1.54) is 0 Å². The Bertz CT molecular complexity index is 1340. The summed E-state index contributed by atoms with van der Waals surface area (Å²) >= 11 is 1.56. The maximum Gasteiger partial charge on any atom is 0.410 e. The van der Waals surface area contributed by atoms with Crippen LogP contribution in [0.15, 0.2) is 28.3 Å². The van der Waals surface area contributed by atoms with Gasteiger partial charge in [-0.3, -0.25) is 0 Å². The van der Waals surface area contributed by atoms with Crippen molar-refractivity contribution in [1.29, 1.82) is 0 Å². The van der Waals surface area contributed by atoms with Crippen LogP contribution in [0.3, 0.4) is 0 Å². The van der Waals surface area contributed by atoms with Gasteiger partial charge in [-0.2, -0.15) is 0 Å². The average molecular weight is 555 g/mol. The molecule has 2 N–H and O–H groups in total. The lowest BCUT2D eigenvalue weighted by molar-refractivity contribution is 0.0179. The molecule has 3 aromatic rings. The maximum atomic E-state index is 12.5. The Hall–Kier alpha value is -3.21. The first-order valence-corrected chi connectivity index (χ1v) is 14.5. The predicted octanol–water partition coefficient (Wildman–Crippen LogP) is 5.49. The van der Waals surface area contributed by atoms with E-state index in [4.69, 9.17) is 29.9 Å². The Morgan fingerprint density at radius 3 is 2.54 bits per heavy atom. The van der Waals surface area contributed by atoms with Crippen LogP contribution in [-0.4, -0.2) is 62.4 Å². The van der Waals surface area contributed by atoms with Crippen molar-refractivity contribution in [3.8, 4) is 11.5 Å². The number of imidazole rings is 1. The molecule has 11 heteroatoms. The van der Waals surface area contributed by atoms with Crippen molar-refractivity contribution >= 4 is 34.8 Å². The van der Waals surface area contributed by atoms with E-state index in [1.54, 1.807) is 11.8 Å². The summed E-state index contributed by atoms with van der Waals surface area (Å²) in [6, 6.07) is 5.94. The highest BCUT2D eigenvalue weighted by Gasteiger charge is 2.27. The highest BCUT2D eigenvalue weighted by atomic mass is 32.2. The van der Waals surface area contributed by atoms with Gasteiger partial charge in [0.2, 0.25) is 0 Å². The molecule has 2 aromatic heterocycles. The van der Waals surface area contributed by atoms with Crippen molar-refractivity contribution in [3.63, 3.8) is 0 Å². The van der Waals surface area contributed by atoms with Gasteiger partial charge >= 0.3 is 6.09 Å². The summed E-state index contributed by atoms with van der Waals surface area (Å²) in [5.74, 6) is 3.24. The van der Waals surface area contributed by atoms with Gasteiger partial charge in [-0.1, -0.05) is 25.6 Å². The number of nitrogens with two attached hydrogens (primary N) is 1. The molecule has 1 saturated heterocycles. The number of ether oxygens (including phenoxy) is 3. The van der Waals surface area contributed by atoms with Gasteiger partial charge in [0.1, 0.15) is 24.6 Å². The fourth-order valence-electron chi connectivity index (χ4n) is 4.79. The lowest BCUT2D eigenvalue weighted by Crippen LogP contribution is -2.41. The molecule has 0 radical (unpaired) electrons. The van der Waals surface area contributed by atoms with Crippen LogP contribution in [0.2, 0.25) is 0 Å². The van der Waals surface area contributed by atoms with Gasteiger partial charge in [-0.25, -0.2) is 19.7 Å². The number of nitrogens with zero attached hydrogens (tertiary/aromatic N) is 5. The molecule has 0 unspecified atom stereocenters. The van der Waals surface area contributed by atoms with Crippen molar-refractivity contribution in [2.24, 2.45) is 5.92 Å². The SMILES string of the molecule is CC(C)c1nc(N)c2nc(Sc3ccc4c(c3)OCCO4)n(CCC3CCN(C(=O)OC(C)(C)C)CC3)c2n1. The first-order chi connectivity index (χ1) is 18.6. The lowest BCUT2D eigenvalue weighted by Gasteiger charge is -2.33. The number of anilines is 1. The Kier molecular flexibility index (Phi) is 7.80. The topological polar surface area (TPSA) is 118 Å². The molecule has 1 amide bonds. The third-order valence-electron chi connectivity index (χ3n) is 6.87. The zero-order chi connectivity index (χ0) is 27.7. The minimum Gasteiger partial charge on any atom is -0.486 e. The minimum absolute atomic E-state index is 0.145. The third kappa shape index (κ3) is 6.34. The second kappa shape index (κ2) is 11.1. The summed E-state index contributed by atoms with van der Waals surface area (Å²) in [6.45, 7) is 13.1. The second-order valence-corrected chi connectivity index (χ2v) is 12.5. The molecule has 0 atom stereocenters. The molecular weight excluding hydrogens is 516 g/mol. The monoisotopic (exact) mass is 554 g/mol. The summed E-state index contributed by atoms with van der Waals surface area (Å²) < 4.78 is 19.2. The van der Waals surface area contributed by atoms with Crippen LogP contribution >= 0.6 is 11.8 Å². The Labute approximate surface area is 233 Å². The number of hydrogen-bond donors (Lipinski definition) is 1. The molecule has 0 saturated carbocycles. The van der Waals surface area contributed by atoms with Gasteiger partial charge < -0.3 is 29.4 Å². The molecule has 0 spiro atoms. The molecule has 210 valence electrons. The summed E-state index contributed by atoms with van der Waals surface area (Å²) in [4.78, 5) is 29.6. The van der Waals surface area contributed by atoms with E-state index in [9.17, 15) is 4.79 Å². The molecule has 10 nitrogen and oxygen atoms in total. The van der Waals surface area contributed by atoms with Gasteiger partial charge in [0, 0.05) is 30.4 Å². The number of hydrogen-bond acceptors (Lipinski definition) is 9. The van der Waals surface area contributed by atoms with Gasteiger partial charge in [0.15, 0.2) is 33.6 Å². The van der Waals surface area contributed by atoms with Crippen molar-refractivity contribution in [2.45, 2.75) is 82.0 Å². The molecule has 1 aromatic carbocycles. The Morgan fingerprint density at radius 2 is 1.85 bits per heavy atom. The lowest BCUT2D eigenvalue weighted by atomic mass is 9.94. The van der Waals surface area contributed by atoms with Gasteiger partial charge in [0.05, 0.1) is 0 Å². The molecule has 2 aliphatic heterocycles. The highest BCUT2D eigenvalue weighted by molar-refractivity contribution is 7.99. The van der Waals surface area contributed by atoms with E-state index >= 15 is 0 Å². The first-order valence-electron chi connectivity index (χ1n) is 13.7. The number of amides is 1. The summed E-state index contributed by atoms with van der Waals surface area (Å²) in [7, 11) is 0. The third-order valence-corrected chi connectivity index (χ3v) is 7.85. The fourth-order valence-corrected chi connectivity index (χ4v) is 5.73. The fraction of sp³-hybridized carbons (Fsp3) is 0.571. The standard InChI is InChI=1S/C28H38N6O4S/c1-17(2)24-31-23(29)22-25(32-24)34(13-10-18-8-11-33(12-9-18)27(35)38-28(3,4)5)26(30-22)39-19-6-7-20-21(16-19)37-15-14-36-20/h6-7,16-18H,8-15H2,1-5H3,(H2,29,31,32). The van der Waals surface area contributed by atoms with Crippen LogP contribution in [0, 0.1) is 5.92 Å². The summed E-state index contributed by atoms with van der Waals surface area (Å²) in [6.07, 6.45) is 2.59.